The van der Waals surface area contributed by atoms with Crippen LogP contribution in [0.15, 0.2) is 24.3 Å². The molecule has 2 heteroatoms. The first-order chi connectivity index (χ1) is 6.11. The molecule has 0 heterocycles. The lowest BCUT2D eigenvalue weighted by Gasteiger charge is -2.16. The van der Waals surface area contributed by atoms with E-state index in [-0.39, 0.29) is 18.4 Å². The molecule has 0 unspecified atom stereocenters. The molecule has 80 valence electrons. The van der Waals surface area contributed by atoms with Crippen molar-refractivity contribution in [2.45, 2.75) is 33.2 Å². The Labute approximate surface area is 93.1 Å². The highest BCUT2D eigenvalue weighted by atomic mass is 35.5. The molecule has 1 aromatic carbocycles. The minimum absolute atomic E-state index is 0. The van der Waals surface area contributed by atoms with Gasteiger partial charge in [-0.15, -0.1) is 12.4 Å². The molecule has 0 fully saturated rings. The van der Waals surface area contributed by atoms with E-state index in [1.54, 1.807) is 0 Å². The number of hydrogen-bond acceptors (Lipinski definition) is 1. The standard InChI is InChI=1S/C12H19N.ClH/c1-9(2)8-12(13)11-7-5-4-6-10(11)3;/h4-7,9,12H,8,13H2,1-3H3;1H/t12-;/m1./s1. The molecule has 0 aliphatic heterocycles. The molecular formula is C12H20ClN. The van der Waals surface area contributed by atoms with Crippen molar-refractivity contribution >= 4 is 12.4 Å². The quantitative estimate of drug-likeness (QED) is 0.818. The summed E-state index contributed by atoms with van der Waals surface area (Å²) < 4.78 is 0. The van der Waals surface area contributed by atoms with Crippen molar-refractivity contribution in [1.29, 1.82) is 0 Å². The van der Waals surface area contributed by atoms with Crippen LogP contribution in [0.25, 0.3) is 0 Å². The number of halogens is 1. The minimum Gasteiger partial charge on any atom is -0.324 e. The Hall–Kier alpha value is -0.530. The minimum atomic E-state index is 0. The molecule has 1 nitrogen and oxygen atoms in total. The van der Waals surface area contributed by atoms with Gasteiger partial charge in [0.25, 0.3) is 0 Å². The van der Waals surface area contributed by atoms with Gasteiger partial charge in [-0.05, 0) is 30.4 Å². The van der Waals surface area contributed by atoms with E-state index in [2.05, 4.69) is 45.0 Å². The summed E-state index contributed by atoms with van der Waals surface area (Å²) in [5.74, 6) is 0.662. The van der Waals surface area contributed by atoms with Crippen LogP contribution in [0, 0.1) is 12.8 Å². The number of nitrogens with two attached hydrogens (primary N) is 1. The largest absolute Gasteiger partial charge is 0.324 e. The van der Waals surface area contributed by atoms with Crippen LogP contribution in [0.1, 0.15) is 37.4 Å². The van der Waals surface area contributed by atoms with Crippen LogP contribution in [0.2, 0.25) is 0 Å². The van der Waals surface area contributed by atoms with Crippen LogP contribution in [0.4, 0.5) is 0 Å². The van der Waals surface area contributed by atoms with Crippen LogP contribution in [0.3, 0.4) is 0 Å². The van der Waals surface area contributed by atoms with Crippen LogP contribution >= 0.6 is 12.4 Å². The van der Waals surface area contributed by atoms with E-state index in [0.717, 1.165) is 6.42 Å². The van der Waals surface area contributed by atoms with E-state index in [0.29, 0.717) is 5.92 Å². The van der Waals surface area contributed by atoms with Gasteiger partial charge in [0, 0.05) is 6.04 Å². The van der Waals surface area contributed by atoms with Crippen LogP contribution in [-0.2, 0) is 0 Å². The molecule has 0 aliphatic rings. The van der Waals surface area contributed by atoms with Crippen molar-refractivity contribution in [3.63, 3.8) is 0 Å². The van der Waals surface area contributed by atoms with E-state index in [1.807, 2.05) is 0 Å². The van der Waals surface area contributed by atoms with Gasteiger partial charge in [0.2, 0.25) is 0 Å². The maximum absolute atomic E-state index is 6.10. The summed E-state index contributed by atoms with van der Waals surface area (Å²) in [6, 6.07) is 8.56. The van der Waals surface area contributed by atoms with E-state index >= 15 is 0 Å². The molecule has 14 heavy (non-hydrogen) atoms. The lowest BCUT2D eigenvalue weighted by atomic mass is 9.95. The second-order valence-corrected chi connectivity index (χ2v) is 4.09. The molecule has 0 aliphatic carbocycles. The zero-order valence-corrected chi connectivity index (χ0v) is 9.97. The Balaban J connectivity index is 0.00000169. The summed E-state index contributed by atoms with van der Waals surface area (Å²) in [6.45, 7) is 6.53. The Morgan fingerprint density at radius 3 is 2.29 bits per heavy atom. The highest BCUT2D eigenvalue weighted by Gasteiger charge is 2.09. The fourth-order valence-corrected chi connectivity index (χ4v) is 1.64. The number of aryl methyl sites for hydroxylation is 1. The fraction of sp³-hybridized carbons (Fsp3) is 0.500. The third kappa shape index (κ3) is 3.69. The molecule has 1 rings (SSSR count). The lowest BCUT2D eigenvalue weighted by molar-refractivity contribution is 0.508. The van der Waals surface area contributed by atoms with Crippen LogP contribution < -0.4 is 5.73 Å². The van der Waals surface area contributed by atoms with Gasteiger partial charge in [-0.3, -0.25) is 0 Å². The summed E-state index contributed by atoms with van der Waals surface area (Å²) in [5, 5.41) is 0. The monoisotopic (exact) mass is 213 g/mol. The normalized spacial score (nSPS) is 12.4. The van der Waals surface area contributed by atoms with Gasteiger partial charge in [0.05, 0.1) is 0 Å². The van der Waals surface area contributed by atoms with Gasteiger partial charge in [-0.1, -0.05) is 38.1 Å². The average molecular weight is 214 g/mol. The third-order valence-electron chi connectivity index (χ3n) is 2.31. The molecule has 1 aromatic rings. The predicted octanol–water partition coefficient (Wildman–Crippen LogP) is 3.46. The second-order valence-electron chi connectivity index (χ2n) is 4.09. The van der Waals surface area contributed by atoms with Crippen molar-refractivity contribution in [1.82, 2.24) is 0 Å². The number of benzene rings is 1. The summed E-state index contributed by atoms with van der Waals surface area (Å²) >= 11 is 0. The third-order valence-corrected chi connectivity index (χ3v) is 2.31. The molecule has 0 saturated carbocycles. The average Bonchev–Trinajstić information content (AvgIpc) is 2.03. The van der Waals surface area contributed by atoms with Gasteiger partial charge >= 0.3 is 0 Å². The van der Waals surface area contributed by atoms with Gasteiger partial charge in [0.1, 0.15) is 0 Å². The molecule has 2 N–H and O–H groups in total. The van der Waals surface area contributed by atoms with Gasteiger partial charge in [-0.25, -0.2) is 0 Å². The first-order valence-electron chi connectivity index (χ1n) is 4.92. The van der Waals surface area contributed by atoms with E-state index < -0.39 is 0 Å². The van der Waals surface area contributed by atoms with Crippen molar-refractivity contribution in [2.75, 3.05) is 0 Å². The maximum Gasteiger partial charge on any atom is 0.0299 e. The first kappa shape index (κ1) is 13.5. The summed E-state index contributed by atoms with van der Waals surface area (Å²) in [6.07, 6.45) is 1.06. The first-order valence-corrected chi connectivity index (χ1v) is 4.92. The molecule has 0 amide bonds. The molecule has 0 bridgehead atoms. The van der Waals surface area contributed by atoms with Crippen LogP contribution in [0.5, 0.6) is 0 Å². The highest BCUT2D eigenvalue weighted by molar-refractivity contribution is 5.85. The molecule has 1 atom stereocenters. The summed E-state index contributed by atoms with van der Waals surface area (Å²) in [4.78, 5) is 0. The lowest BCUT2D eigenvalue weighted by Crippen LogP contribution is -2.13. The van der Waals surface area contributed by atoms with Gasteiger partial charge in [0.15, 0.2) is 0 Å². The van der Waals surface area contributed by atoms with Crippen molar-refractivity contribution in [2.24, 2.45) is 11.7 Å². The zero-order chi connectivity index (χ0) is 9.84. The fourth-order valence-electron chi connectivity index (χ4n) is 1.64. The molecule has 0 spiro atoms. The van der Waals surface area contributed by atoms with Crippen molar-refractivity contribution < 1.29 is 0 Å². The van der Waals surface area contributed by atoms with Gasteiger partial charge in [-0.2, -0.15) is 0 Å². The molecular weight excluding hydrogens is 194 g/mol. The SMILES string of the molecule is Cc1ccccc1[C@H](N)CC(C)C.Cl. The smallest absolute Gasteiger partial charge is 0.0299 e. The Morgan fingerprint density at radius 2 is 1.79 bits per heavy atom. The number of rotatable bonds is 3. The van der Waals surface area contributed by atoms with Crippen LogP contribution in [-0.4, -0.2) is 0 Å². The maximum atomic E-state index is 6.10. The Morgan fingerprint density at radius 1 is 1.21 bits per heavy atom. The van der Waals surface area contributed by atoms with Crippen molar-refractivity contribution in [3.05, 3.63) is 35.4 Å². The topological polar surface area (TPSA) is 26.0 Å². The number of hydrogen-bond donors (Lipinski definition) is 1. The highest BCUT2D eigenvalue weighted by Crippen LogP contribution is 2.21. The van der Waals surface area contributed by atoms with E-state index in [1.165, 1.54) is 11.1 Å². The van der Waals surface area contributed by atoms with Crippen molar-refractivity contribution in [3.8, 4) is 0 Å². The molecule has 0 aromatic heterocycles. The Bertz CT molecular complexity index is 271. The molecule has 0 saturated heterocycles. The predicted molar refractivity (Wildman–Crippen MR) is 64.8 cm³/mol. The van der Waals surface area contributed by atoms with E-state index in [4.69, 9.17) is 5.73 Å². The summed E-state index contributed by atoms with van der Waals surface area (Å²) in [7, 11) is 0. The Kier molecular flexibility index (Phi) is 5.82. The van der Waals surface area contributed by atoms with E-state index in [9.17, 15) is 0 Å². The zero-order valence-electron chi connectivity index (χ0n) is 9.16. The second kappa shape index (κ2) is 6.05. The van der Waals surface area contributed by atoms with Gasteiger partial charge < -0.3 is 5.73 Å². The summed E-state index contributed by atoms with van der Waals surface area (Å²) in [5.41, 5.74) is 8.69. The molecule has 0 radical (unpaired) electrons.